The minimum absolute atomic E-state index is 0. The number of halogens is 1. The molecule has 1 unspecified atom stereocenters. The Kier molecular flexibility index (Phi) is 5.37. The van der Waals surface area contributed by atoms with Crippen LogP contribution in [0.1, 0.15) is 15.9 Å². The molecule has 0 bridgehead atoms. The molecule has 0 saturated heterocycles. The topological polar surface area (TPSA) is 38.3 Å². The van der Waals surface area contributed by atoms with Crippen molar-refractivity contribution < 1.29 is 9.53 Å². The van der Waals surface area contributed by atoms with Gasteiger partial charge in [0.15, 0.2) is 5.78 Å². The summed E-state index contributed by atoms with van der Waals surface area (Å²) >= 11 is 0. The molecular formula is C17H18ClNO2. The zero-order valence-corrected chi connectivity index (χ0v) is 12.4. The van der Waals surface area contributed by atoms with Gasteiger partial charge in [0, 0.05) is 13.1 Å². The third kappa shape index (κ3) is 3.63. The predicted octanol–water partition coefficient (Wildman–Crippen LogP) is 3.09. The van der Waals surface area contributed by atoms with Gasteiger partial charge in [0.05, 0.1) is 18.1 Å². The van der Waals surface area contributed by atoms with Crippen molar-refractivity contribution in [3.8, 4) is 5.75 Å². The van der Waals surface area contributed by atoms with Gasteiger partial charge in [-0.05, 0) is 17.7 Å². The minimum Gasteiger partial charge on any atom is -0.492 e. The molecule has 1 atom stereocenters. The van der Waals surface area contributed by atoms with Crippen molar-refractivity contribution in [3.63, 3.8) is 0 Å². The van der Waals surface area contributed by atoms with Crippen LogP contribution in [-0.2, 0) is 6.54 Å². The van der Waals surface area contributed by atoms with Crippen molar-refractivity contribution >= 4 is 18.2 Å². The Labute approximate surface area is 130 Å². The van der Waals surface area contributed by atoms with Gasteiger partial charge in [-0.2, -0.15) is 0 Å². The summed E-state index contributed by atoms with van der Waals surface area (Å²) in [4.78, 5) is 12.3. The van der Waals surface area contributed by atoms with E-state index >= 15 is 0 Å². The fraction of sp³-hybridized carbons (Fsp3) is 0.235. The average Bonchev–Trinajstić information content (AvgIpc) is 2.51. The lowest BCUT2D eigenvalue weighted by Gasteiger charge is -2.24. The highest BCUT2D eigenvalue weighted by Gasteiger charge is 2.27. The number of rotatable bonds is 4. The molecule has 1 aliphatic heterocycles. The van der Waals surface area contributed by atoms with Gasteiger partial charge in [0.1, 0.15) is 5.75 Å². The lowest BCUT2D eigenvalue weighted by molar-refractivity contribution is 0.0829. The average molecular weight is 304 g/mol. The monoisotopic (exact) mass is 303 g/mol. The Bertz CT molecular complexity index is 601. The molecule has 3 rings (SSSR count). The fourth-order valence-corrected chi connectivity index (χ4v) is 2.42. The summed E-state index contributed by atoms with van der Waals surface area (Å²) in [5, 5.41) is 3.33. The second-order valence-electron chi connectivity index (χ2n) is 4.98. The largest absolute Gasteiger partial charge is 0.492 e. The maximum Gasteiger partial charge on any atom is 0.174 e. The van der Waals surface area contributed by atoms with E-state index in [4.69, 9.17) is 4.74 Å². The highest BCUT2D eigenvalue weighted by Crippen LogP contribution is 2.26. The van der Waals surface area contributed by atoms with E-state index in [2.05, 4.69) is 17.4 Å². The van der Waals surface area contributed by atoms with Crippen LogP contribution in [0.2, 0.25) is 0 Å². The van der Waals surface area contributed by atoms with E-state index in [1.807, 2.05) is 42.5 Å². The highest BCUT2D eigenvalue weighted by molar-refractivity contribution is 6.01. The molecule has 0 aromatic heterocycles. The molecule has 0 spiro atoms. The maximum absolute atomic E-state index is 12.3. The third-order valence-corrected chi connectivity index (χ3v) is 3.53. The molecule has 0 fully saturated rings. The fourth-order valence-electron chi connectivity index (χ4n) is 2.42. The lowest BCUT2D eigenvalue weighted by Crippen LogP contribution is -2.35. The summed E-state index contributed by atoms with van der Waals surface area (Å²) in [5.41, 5.74) is 1.92. The van der Waals surface area contributed by atoms with E-state index in [0.29, 0.717) is 24.5 Å². The number of fused-ring (bicyclic) bond motifs is 1. The van der Waals surface area contributed by atoms with Crippen LogP contribution in [0.3, 0.4) is 0 Å². The van der Waals surface area contributed by atoms with E-state index in [1.165, 1.54) is 5.56 Å². The third-order valence-electron chi connectivity index (χ3n) is 3.53. The number of nitrogens with one attached hydrogen (secondary N) is 1. The molecule has 0 amide bonds. The number of carbonyl (C=O) groups is 1. The predicted molar refractivity (Wildman–Crippen MR) is 85.2 cm³/mol. The number of carbonyl (C=O) groups excluding carboxylic acids is 1. The van der Waals surface area contributed by atoms with Gasteiger partial charge in [-0.1, -0.05) is 42.5 Å². The number of hydrogen-bond acceptors (Lipinski definition) is 3. The summed E-state index contributed by atoms with van der Waals surface area (Å²) in [6.45, 7) is 1.87. The van der Waals surface area contributed by atoms with E-state index < -0.39 is 0 Å². The number of Topliss-reactive ketones (excluding diaryl/α,β-unsaturated/α-hetero) is 1. The molecule has 1 N–H and O–H groups in total. The zero-order chi connectivity index (χ0) is 13.8. The summed E-state index contributed by atoms with van der Waals surface area (Å²) < 4.78 is 5.65. The Hall–Kier alpha value is -1.84. The summed E-state index contributed by atoms with van der Waals surface area (Å²) in [6, 6.07) is 17.6. The van der Waals surface area contributed by atoms with Crippen molar-refractivity contribution in [2.24, 2.45) is 5.92 Å². The number of benzene rings is 2. The Morgan fingerprint density at radius 1 is 1.05 bits per heavy atom. The molecular weight excluding hydrogens is 286 g/mol. The van der Waals surface area contributed by atoms with Crippen molar-refractivity contribution in [1.82, 2.24) is 5.32 Å². The van der Waals surface area contributed by atoms with E-state index in [9.17, 15) is 4.79 Å². The summed E-state index contributed by atoms with van der Waals surface area (Å²) in [5.74, 6) is 0.776. The number of para-hydroxylation sites is 1. The molecule has 1 aliphatic rings. The van der Waals surface area contributed by atoms with Gasteiger partial charge in [-0.15, -0.1) is 12.4 Å². The van der Waals surface area contributed by atoms with Gasteiger partial charge < -0.3 is 10.1 Å². The van der Waals surface area contributed by atoms with Gasteiger partial charge in [0.2, 0.25) is 0 Å². The van der Waals surface area contributed by atoms with E-state index in [0.717, 1.165) is 6.54 Å². The van der Waals surface area contributed by atoms with Gasteiger partial charge in [-0.3, -0.25) is 4.79 Å². The van der Waals surface area contributed by atoms with Crippen LogP contribution in [0.25, 0.3) is 0 Å². The Morgan fingerprint density at radius 2 is 1.76 bits per heavy atom. The van der Waals surface area contributed by atoms with Crippen LogP contribution in [0, 0.1) is 5.92 Å². The van der Waals surface area contributed by atoms with E-state index in [-0.39, 0.29) is 24.1 Å². The molecule has 0 aliphatic carbocycles. The standard InChI is InChI=1S/C17H17NO2.ClH/c19-17-14(11-18-10-13-6-2-1-3-7-13)12-20-16-9-5-4-8-15(16)17;/h1-9,14,18H,10-12H2;1H. The molecule has 3 nitrogen and oxygen atoms in total. The molecule has 21 heavy (non-hydrogen) atoms. The second kappa shape index (κ2) is 7.25. The number of ketones is 1. The lowest BCUT2D eigenvalue weighted by atomic mass is 9.95. The summed E-state index contributed by atoms with van der Waals surface area (Å²) in [7, 11) is 0. The quantitative estimate of drug-likeness (QED) is 0.943. The smallest absolute Gasteiger partial charge is 0.174 e. The van der Waals surface area contributed by atoms with E-state index in [1.54, 1.807) is 0 Å². The summed E-state index contributed by atoms with van der Waals surface area (Å²) in [6.07, 6.45) is 0. The second-order valence-corrected chi connectivity index (χ2v) is 4.98. The van der Waals surface area contributed by atoms with Crippen LogP contribution in [0.4, 0.5) is 0 Å². The zero-order valence-electron chi connectivity index (χ0n) is 11.6. The first-order valence-electron chi connectivity index (χ1n) is 6.85. The molecule has 4 heteroatoms. The van der Waals surface area contributed by atoms with Crippen molar-refractivity contribution in [1.29, 1.82) is 0 Å². The molecule has 110 valence electrons. The van der Waals surface area contributed by atoms with Gasteiger partial charge in [-0.25, -0.2) is 0 Å². The van der Waals surface area contributed by atoms with Crippen LogP contribution in [0.5, 0.6) is 5.75 Å². The van der Waals surface area contributed by atoms with Gasteiger partial charge in [0.25, 0.3) is 0 Å². The number of hydrogen-bond donors (Lipinski definition) is 1. The highest BCUT2D eigenvalue weighted by atomic mass is 35.5. The first-order chi connectivity index (χ1) is 9.84. The Balaban J connectivity index is 0.00000161. The van der Waals surface area contributed by atoms with Crippen LogP contribution in [-0.4, -0.2) is 18.9 Å². The SMILES string of the molecule is Cl.O=C1c2ccccc2OCC1CNCc1ccccc1. The molecule has 0 saturated carbocycles. The first-order valence-corrected chi connectivity index (χ1v) is 6.85. The van der Waals surface area contributed by atoms with Crippen molar-refractivity contribution in [2.75, 3.05) is 13.2 Å². The molecule has 2 aromatic rings. The van der Waals surface area contributed by atoms with Crippen molar-refractivity contribution in [3.05, 3.63) is 65.7 Å². The van der Waals surface area contributed by atoms with Crippen LogP contribution >= 0.6 is 12.4 Å². The Morgan fingerprint density at radius 3 is 2.57 bits per heavy atom. The van der Waals surface area contributed by atoms with Crippen LogP contribution in [0.15, 0.2) is 54.6 Å². The molecule has 2 aromatic carbocycles. The van der Waals surface area contributed by atoms with Crippen LogP contribution < -0.4 is 10.1 Å². The maximum atomic E-state index is 12.3. The normalized spacial score (nSPS) is 16.6. The van der Waals surface area contributed by atoms with Crippen molar-refractivity contribution in [2.45, 2.75) is 6.54 Å². The first kappa shape index (κ1) is 15.5. The van der Waals surface area contributed by atoms with Gasteiger partial charge >= 0.3 is 0 Å². The molecule has 1 heterocycles. The number of ether oxygens (including phenoxy) is 1. The minimum atomic E-state index is -0.103. The molecule has 0 radical (unpaired) electrons.